The minimum atomic E-state index is -1.93. The van der Waals surface area contributed by atoms with E-state index in [1.54, 1.807) is 65.9 Å². The molecule has 3 saturated heterocycles. The van der Waals surface area contributed by atoms with Gasteiger partial charge in [0.15, 0.2) is 6.29 Å². The number of ether oxygens (including phenoxy) is 6. The van der Waals surface area contributed by atoms with Gasteiger partial charge in [-0.25, -0.2) is 4.39 Å². The molecule has 0 spiro atoms. The molecule has 2 aromatic rings. The highest BCUT2D eigenvalue weighted by Crippen LogP contribution is 2.46. The third-order valence-electron chi connectivity index (χ3n) is 16.2. The lowest BCUT2D eigenvalue weighted by molar-refractivity contribution is -0.305. The fraction of sp³-hybridized carbons (Fsp3) is 0.788. The number of aliphatic hydroxyl groups is 5. The molecule has 20 heteroatoms. The Morgan fingerprint density at radius 1 is 0.986 bits per heavy atom. The van der Waals surface area contributed by atoms with Gasteiger partial charge < -0.3 is 69.6 Å². The van der Waals surface area contributed by atoms with E-state index in [9.17, 15) is 44.9 Å². The molecule has 1 aromatic carbocycles. The monoisotopic (exact) mass is 1040 g/mol. The van der Waals surface area contributed by atoms with Gasteiger partial charge in [0.05, 0.1) is 53.7 Å². The van der Waals surface area contributed by atoms with Gasteiger partial charge in [0.1, 0.15) is 46.7 Å². The fourth-order valence-corrected chi connectivity index (χ4v) is 12.2. The van der Waals surface area contributed by atoms with E-state index in [2.05, 4.69) is 15.5 Å². The van der Waals surface area contributed by atoms with Crippen LogP contribution in [0.4, 0.5) is 4.39 Å². The van der Waals surface area contributed by atoms with E-state index in [1.807, 2.05) is 39.5 Å². The van der Waals surface area contributed by atoms with Gasteiger partial charge in [0.25, 0.3) is 0 Å². The first kappa shape index (κ1) is 59.8. The Bertz CT molecular complexity index is 2100. The predicted octanol–water partition coefficient (Wildman–Crippen LogP) is 4.94. The van der Waals surface area contributed by atoms with E-state index in [4.69, 9.17) is 28.4 Å². The van der Waals surface area contributed by atoms with Crippen LogP contribution in [0.5, 0.6) is 0 Å². The van der Waals surface area contributed by atoms with Crippen molar-refractivity contribution in [3.63, 3.8) is 0 Å². The lowest BCUT2D eigenvalue weighted by atomic mass is 9.67. The summed E-state index contributed by atoms with van der Waals surface area (Å²) in [5, 5.41) is 80.0. The molecule has 72 heavy (non-hydrogen) atoms. The second-order valence-corrected chi connectivity index (χ2v) is 22.7. The lowest BCUT2D eigenvalue weighted by Gasteiger charge is -2.52. The average Bonchev–Trinajstić information content (AvgIpc) is 3.80. The van der Waals surface area contributed by atoms with Gasteiger partial charge in [-0.1, -0.05) is 70.2 Å². The van der Waals surface area contributed by atoms with Crippen molar-refractivity contribution < 1.29 is 67.9 Å². The molecule has 18 nitrogen and oxygen atoms in total. The number of benzene rings is 1. The zero-order valence-electron chi connectivity index (χ0n) is 44.7. The number of nitrogens with one attached hydrogen (secondary N) is 2. The number of halogens is 1. The Morgan fingerprint density at radius 2 is 1.62 bits per heavy atom. The van der Waals surface area contributed by atoms with Crippen LogP contribution in [0, 0.1) is 41.9 Å². The first-order valence-corrected chi connectivity index (χ1v) is 26.3. The molecule has 0 aliphatic carbocycles. The van der Waals surface area contributed by atoms with Crippen LogP contribution in [0.3, 0.4) is 0 Å². The number of aliphatic hydroxyl groups excluding tert-OH is 4. The minimum Gasteiger partial charge on any atom is -0.459 e. The molecule has 3 fully saturated rings. The molecule has 1 unspecified atom stereocenters. The van der Waals surface area contributed by atoms with Gasteiger partial charge in [-0.3, -0.25) is 9.59 Å². The molecule has 0 radical (unpaired) electrons. The number of likely N-dealkylation sites (N-methyl/N-ethyl adjacent to an activating group) is 1. The summed E-state index contributed by atoms with van der Waals surface area (Å²) in [4.78, 5) is 29.8. The summed E-state index contributed by atoms with van der Waals surface area (Å²) in [5.74, 6) is -4.97. The zero-order chi connectivity index (χ0) is 53.8. The van der Waals surface area contributed by atoms with Crippen LogP contribution >= 0.6 is 11.3 Å². The number of carbonyl (C=O) groups excluding carboxylic acids is 2. The molecule has 1 amide bonds. The normalized spacial score (nSPS) is 39.5. The SMILES string of the molecule is CC[C@H]1OC(=O)[C@H](C)[C@@H](C2C[C@@](C)(OC)[C@@H](O)[C@H](C)O2)[C@H](C)[C@@H](O[C@@H]2O[C@H](C)C[C@H](N(C)CCC(=O)N[C@H](CF)[C@H](O)c3ccc(-c4nnc(C)s4)cc3)[C@H]2O)[C@](C)(OC)C[C@@H](C)C(=N)[C@H](C)[C@@H](O)[C@]1(C)O. The van der Waals surface area contributed by atoms with Crippen molar-refractivity contribution in [3.8, 4) is 10.6 Å². The number of hydrogen-bond acceptors (Lipinski definition) is 18. The quantitative estimate of drug-likeness (QED) is 0.117. The molecule has 408 valence electrons. The maximum atomic E-state index is 14.6. The summed E-state index contributed by atoms with van der Waals surface area (Å²) in [5.41, 5.74) is -2.95. The summed E-state index contributed by atoms with van der Waals surface area (Å²) in [6, 6.07) is 5.04. The number of methoxy groups -OCH3 is 2. The lowest BCUT2D eigenvalue weighted by Crippen LogP contribution is -2.62. The largest absolute Gasteiger partial charge is 0.459 e. The highest BCUT2D eigenvalue weighted by atomic mass is 32.1. The summed E-state index contributed by atoms with van der Waals surface area (Å²) >= 11 is 1.43. The second kappa shape index (κ2) is 24.7. The molecule has 20 atom stereocenters. The Morgan fingerprint density at radius 3 is 2.19 bits per heavy atom. The minimum absolute atomic E-state index is 0.0870. The Hall–Kier alpha value is -3.12. The smallest absolute Gasteiger partial charge is 0.309 e. The Balaban J connectivity index is 1.43. The number of hydrogen-bond donors (Lipinski definition) is 7. The average molecular weight is 1040 g/mol. The molecule has 3 aliphatic heterocycles. The van der Waals surface area contributed by atoms with Gasteiger partial charge in [-0.2, -0.15) is 0 Å². The molecule has 7 N–H and O–H groups in total. The Labute approximate surface area is 429 Å². The van der Waals surface area contributed by atoms with E-state index in [0.717, 1.165) is 10.6 Å². The van der Waals surface area contributed by atoms with E-state index < -0.39 is 138 Å². The Kier molecular flexibility index (Phi) is 20.5. The number of alkyl halides is 1. The standard InChI is InChI=1S/C52H84FN5O13S/c1-15-38-52(11,65)44(62)30(6)41(54)26(2)23-51(10,67-14)46(28(4)40(29(5)48(64)70-38)37-24-50(9,66-13)45(63)31(7)69-37)71-49-43(61)36(22-27(3)68-49)58(12)21-20-39(59)55-35(25-53)42(60)33-16-18-34(19-17-33)47-57-56-32(8)72-47/h16-19,26-31,35-38,40,42-46,49,54,60-63,65H,15,20-25H2,1-14H3,(H,55,59)/t26-,27-,28+,29-,30+,31+,35-,36+,37?,38-,40+,42-,43-,44-,45+,46-,49+,50-,51-,52-/m1/s1. The molecule has 0 saturated carbocycles. The van der Waals surface area contributed by atoms with Crippen molar-refractivity contribution in [1.29, 1.82) is 5.41 Å². The summed E-state index contributed by atoms with van der Waals surface area (Å²) < 4.78 is 53.0. The van der Waals surface area contributed by atoms with Crippen LogP contribution in [0.15, 0.2) is 24.3 Å². The maximum Gasteiger partial charge on any atom is 0.309 e. The van der Waals surface area contributed by atoms with Crippen LogP contribution in [0.25, 0.3) is 10.6 Å². The van der Waals surface area contributed by atoms with Crippen molar-refractivity contribution >= 4 is 28.9 Å². The number of carbonyl (C=O) groups is 2. The number of nitrogens with zero attached hydrogens (tertiary/aromatic N) is 3. The number of aromatic nitrogens is 2. The number of amides is 1. The van der Waals surface area contributed by atoms with Crippen molar-refractivity contribution in [3.05, 3.63) is 34.8 Å². The van der Waals surface area contributed by atoms with Crippen molar-refractivity contribution in [2.45, 2.75) is 198 Å². The van der Waals surface area contributed by atoms with Crippen molar-refractivity contribution in [2.75, 3.05) is 34.5 Å². The summed E-state index contributed by atoms with van der Waals surface area (Å²) in [6.07, 6.45) is -9.72. The fourth-order valence-electron chi connectivity index (χ4n) is 11.5. The number of cyclic esters (lactones) is 1. The maximum absolute atomic E-state index is 14.6. The van der Waals surface area contributed by atoms with Gasteiger partial charge in [-0.15, -0.1) is 10.2 Å². The summed E-state index contributed by atoms with van der Waals surface area (Å²) in [6.45, 7) is 18.4. The topological polar surface area (TPSA) is 256 Å². The van der Waals surface area contributed by atoms with E-state index >= 15 is 0 Å². The van der Waals surface area contributed by atoms with Crippen LogP contribution < -0.4 is 5.32 Å². The number of esters is 1. The highest BCUT2D eigenvalue weighted by Gasteiger charge is 2.56. The number of rotatable bonds is 15. The van der Waals surface area contributed by atoms with Gasteiger partial charge in [-0.05, 0) is 85.3 Å². The molecule has 3 aliphatic rings. The van der Waals surface area contributed by atoms with Gasteiger partial charge in [0, 0.05) is 62.8 Å². The van der Waals surface area contributed by atoms with Crippen LogP contribution in [0.2, 0.25) is 0 Å². The van der Waals surface area contributed by atoms with Crippen molar-refractivity contribution in [1.82, 2.24) is 20.4 Å². The third-order valence-corrected chi connectivity index (χ3v) is 17.1. The molecular formula is C52H84FN5O13S. The van der Waals surface area contributed by atoms with Gasteiger partial charge in [0.2, 0.25) is 5.91 Å². The molecule has 4 heterocycles. The predicted molar refractivity (Wildman–Crippen MR) is 269 cm³/mol. The van der Waals surface area contributed by atoms with E-state index in [0.29, 0.717) is 17.0 Å². The molecule has 5 rings (SSSR count). The molecule has 1 aromatic heterocycles. The highest BCUT2D eigenvalue weighted by molar-refractivity contribution is 7.14. The molecule has 0 bridgehead atoms. The van der Waals surface area contributed by atoms with Crippen LogP contribution in [-0.4, -0.2) is 177 Å². The second-order valence-electron chi connectivity index (χ2n) is 21.6. The van der Waals surface area contributed by atoms with Crippen molar-refractivity contribution in [2.24, 2.45) is 29.6 Å². The van der Waals surface area contributed by atoms with Gasteiger partial charge >= 0.3 is 5.97 Å². The first-order chi connectivity index (χ1) is 33.7. The van der Waals surface area contributed by atoms with E-state index in [-0.39, 0.29) is 37.9 Å². The molecular weight excluding hydrogens is 954 g/mol. The zero-order valence-corrected chi connectivity index (χ0v) is 45.5. The van der Waals surface area contributed by atoms with Crippen LogP contribution in [-0.2, 0) is 38.0 Å². The van der Waals surface area contributed by atoms with E-state index in [1.165, 1.54) is 32.5 Å². The first-order valence-electron chi connectivity index (χ1n) is 25.4. The number of aryl methyl sites for hydroxylation is 1. The third kappa shape index (κ3) is 13.1. The summed E-state index contributed by atoms with van der Waals surface area (Å²) in [7, 11) is 4.79. The van der Waals surface area contributed by atoms with Crippen LogP contribution in [0.1, 0.15) is 118 Å².